The highest BCUT2D eigenvalue weighted by molar-refractivity contribution is 5.44. The molecule has 2 rings (SSSR count). The third kappa shape index (κ3) is 4.26. The van der Waals surface area contributed by atoms with Crippen molar-refractivity contribution in [2.75, 3.05) is 26.7 Å². The van der Waals surface area contributed by atoms with Gasteiger partial charge in [0.2, 0.25) is 0 Å². The Morgan fingerprint density at radius 3 is 2.60 bits per heavy atom. The van der Waals surface area contributed by atoms with Crippen molar-refractivity contribution in [1.82, 2.24) is 4.90 Å². The smallest absolute Gasteiger partial charge is 0.123 e. The van der Waals surface area contributed by atoms with Gasteiger partial charge in [-0.15, -0.1) is 0 Å². The monoisotopic (exact) mass is 272 g/mol. The van der Waals surface area contributed by atoms with Crippen molar-refractivity contribution in [2.24, 2.45) is 5.73 Å². The van der Waals surface area contributed by atoms with E-state index in [1.165, 1.54) is 44.3 Å². The molecule has 1 aliphatic heterocycles. The van der Waals surface area contributed by atoms with Crippen LogP contribution in [0.3, 0.4) is 0 Å². The van der Waals surface area contributed by atoms with Gasteiger partial charge in [0, 0.05) is 17.7 Å². The molecule has 0 spiro atoms. The van der Waals surface area contributed by atoms with Crippen LogP contribution in [0.25, 0.3) is 0 Å². The molecule has 1 fully saturated rings. The topological polar surface area (TPSA) is 38.5 Å². The van der Waals surface area contributed by atoms with Gasteiger partial charge in [-0.25, -0.2) is 0 Å². The van der Waals surface area contributed by atoms with Crippen LogP contribution in [-0.4, -0.2) is 31.6 Å². The highest BCUT2D eigenvalue weighted by Crippen LogP contribution is 2.22. The first-order valence-corrected chi connectivity index (χ1v) is 7.41. The zero-order valence-electron chi connectivity index (χ0n) is 12.3. The number of benzene rings is 1. The van der Waals surface area contributed by atoms with Crippen molar-refractivity contribution >= 4 is 0 Å². The standard InChI is InChI=1S/C17H24N2O/c1-20-17-9-8-15(7-6-10-18)13-16(17)14-19-11-4-2-3-5-12-19/h8-9,13H,2-5,10-12,14,18H2,1H3. The third-order valence-corrected chi connectivity index (χ3v) is 3.71. The predicted octanol–water partition coefficient (Wildman–Crippen LogP) is 2.38. The minimum atomic E-state index is 0.396. The molecule has 1 heterocycles. The Morgan fingerprint density at radius 2 is 1.95 bits per heavy atom. The van der Waals surface area contributed by atoms with Gasteiger partial charge >= 0.3 is 0 Å². The maximum atomic E-state index is 5.48. The van der Waals surface area contributed by atoms with E-state index >= 15 is 0 Å². The maximum Gasteiger partial charge on any atom is 0.123 e. The van der Waals surface area contributed by atoms with E-state index in [1.807, 2.05) is 12.1 Å². The van der Waals surface area contributed by atoms with Crippen LogP contribution in [0.5, 0.6) is 5.75 Å². The molecule has 0 saturated carbocycles. The minimum Gasteiger partial charge on any atom is -0.496 e. The molecule has 3 heteroatoms. The molecule has 20 heavy (non-hydrogen) atoms. The number of ether oxygens (including phenoxy) is 1. The summed E-state index contributed by atoms with van der Waals surface area (Å²) in [6, 6.07) is 6.13. The average molecular weight is 272 g/mol. The average Bonchev–Trinajstić information content (AvgIpc) is 2.74. The van der Waals surface area contributed by atoms with E-state index in [4.69, 9.17) is 10.5 Å². The van der Waals surface area contributed by atoms with Crippen LogP contribution in [0.2, 0.25) is 0 Å². The Labute approximate surface area is 122 Å². The van der Waals surface area contributed by atoms with Crippen LogP contribution in [0.15, 0.2) is 18.2 Å². The van der Waals surface area contributed by atoms with Crippen molar-refractivity contribution in [2.45, 2.75) is 32.2 Å². The van der Waals surface area contributed by atoms with E-state index in [0.717, 1.165) is 17.9 Å². The van der Waals surface area contributed by atoms with Gasteiger partial charge in [0.05, 0.1) is 13.7 Å². The fourth-order valence-electron chi connectivity index (χ4n) is 2.67. The normalized spacial score (nSPS) is 16.1. The van der Waals surface area contributed by atoms with Crippen molar-refractivity contribution in [3.8, 4) is 17.6 Å². The highest BCUT2D eigenvalue weighted by atomic mass is 16.5. The van der Waals surface area contributed by atoms with E-state index in [9.17, 15) is 0 Å². The molecular weight excluding hydrogens is 248 g/mol. The lowest BCUT2D eigenvalue weighted by Crippen LogP contribution is -2.24. The lowest BCUT2D eigenvalue weighted by atomic mass is 10.1. The summed E-state index contributed by atoms with van der Waals surface area (Å²) in [6.07, 6.45) is 5.31. The zero-order valence-corrected chi connectivity index (χ0v) is 12.3. The second kappa shape index (κ2) is 7.94. The summed E-state index contributed by atoms with van der Waals surface area (Å²) in [5, 5.41) is 0. The summed E-state index contributed by atoms with van der Waals surface area (Å²) >= 11 is 0. The molecule has 0 amide bonds. The predicted molar refractivity (Wildman–Crippen MR) is 82.7 cm³/mol. The first-order valence-electron chi connectivity index (χ1n) is 7.41. The molecule has 3 nitrogen and oxygen atoms in total. The van der Waals surface area contributed by atoms with Gasteiger partial charge in [0.15, 0.2) is 0 Å². The fourth-order valence-corrected chi connectivity index (χ4v) is 2.67. The Hall–Kier alpha value is -1.50. The molecule has 0 aliphatic carbocycles. The zero-order chi connectivity index (χ0) is 14.2. The number of nitrogens with zero attached hydrogens (tertiary/aromatic N) is 1. The number of hydrogen-bond donors (Lipinski definition) is 1. The van der Waals surface area contributed by atoms with Crippen molar-refractivity contribution in [1.29, 1.82) is 0 Å². The highest BCUT2D eigenvalue weighted by Gasteiger charge is 2.12. The molecule has 108 valence electrons. The summed E-state index contributed by atoms with van der Waals surface area (Å²) in [4.78, 5) is 2.52. The first-order chi connectivity index (χ1) is 9.83. The second-order valence-corrected chi connectivity index (χ2v) is 5.22. The van der Waals surface area contributed by atoms with Gasteiger partial charge in [-0.05, 0) is 44.1 Å². The van der Waals surface area contributed by atoms with Gasteiger partial charge in [0.25, 0.3) is 0 Å². The van der Waals surface area contributed by atoms with Crippen molar-refractivity contribution < 1.29 is 4.74 Å². The SMILES string of the molecule is COc1ccc(C#CCN)cc1CN1CCCCCC1. The Kier molecular flexibility index (Phi) is 5.91. The van der Waals surface area contributed by atoms with Crippen LogP contribution in [-0.2, 0) is 6.54 Å². The number of likely N-dealkylation sites (tertiary alicyclic amines) is 1. The molecule has 1 aromatic carbocycles. The van der Waals surface area contributed by atoms with Crippen LogP contribution in [0.1, 0.15) is 36.8 Å². The number of nitrogens with two attached hydrogens (primary N) is 1. The molecule has 0 bridgehead atoms. The van der Waals surface area contributed by atoms with Crippen LogP contribution >= 0.6 is 0 Å². The number of hydrogen-bond acceptors (Lipinski definition) is 3. The molecule has 0 unspecified atom stereocenters. The van der Waals surface area contributed by atoms with E-state index in [-0.39, 0.29) is 0 Å². The molecule has 0 atom stereocenters. The summed E-state index contributed by atoms with van der Waals surface area (Å²) in [7, 11) is 1.73. The third-order valence-electron chi connectivity index (χ3n) is 3.71. The fraction of sp³-hybridized carbons (Fsp3) is 0.529. The second-order valence-electron chi connectivity index (χ2n) is 5.22. The molecule has 0 radical (unpaired) electrons. The van der Waals surface area contributed by atoms with Crippen molar-refractivity contribution in [3.05, 3.63) is 29.3 Å². The van der Waals surface area contributed by atoms with Crippen LogP contribution in [0.4, 0.5) is 0 Å². The van der Waals surface area contributed by atoms with E-state index in [1.54, 1.807) is 7.11 Å². The largest absolute Gasteiger partial charge is 0.496 e. The Bertz CT molecular complexity index is 479. The summed E-state index contributed by atoms with van der Waals surface area (Å²) in [6.45, 7) is 3.71. The van der Waals surface area contributed by atoms with Crippen molar-refractivity contribution in [3.63, 3.8) is 0 Å². The van der Waals surface area contributed by atoms with Gasteiger partial charge in [0.1, 0.15) is 5.75 Å². The van der Waals surface area contributed by atoms with Crippen LogP contribution < -0.4 is 10.5 Å². The first kappa shape index (κ1) is 14.9. The van der Waals surface area contributed by atoms with Gasteiger partial charge in [-0.3, -0.25) is 4.90 Å². The molecule has 2 N–H and O–H groups in total. The molecule has 1 saturated heterocycles. The maximum absolute atomic E-state index is 5.48. The minimum absolute atomic E-state index is 0.396. The molecule has 0 aromatic heterocycles. The lowest BCUT2D eigenvalue weighted by Gasteiger charge is -2.21. The van der Waals surface area contributed by atoms with E-state index in [0.29, 0.717) is 6.54 Å². The van der Waals surface area contributed by atoms with Gasteiger partial charge < -0.3 is 10.5 Å². The van der Waals surface area contributed by atoms with Gasteiger partial charge in [-0.2, -0.15) is 0 Å². The Balaban J connectivity index is 2.14. The molecule has 1 aliphatic rings. The molecular formula is C17H24N2O. The van der Waals surface area contributed by atoms with E-state index in [2.05, 4.69) is 22.8 Å². The summed E-state index contributed by atoms with van der Waals surface area (Å²) in [5.41, 5.74) is 7.67. The number of methoxy groups -OCH3 is 1. The van der Waals surface area contributed by atoms with Crippen LogP contribution in [0, 0.1) is 11.8 Å². The van der Waals surface area contributed by atoms with E-state index < -0.39 is 0 Å². The Morgan fingerprint density at radius 1 is 1.20 bits per heavy atom. The quantitative estimate of drug-likeness (QED) is 0.859. The molecule has 1 aromatic rings. The summed E-state index contributed by atoms with van der Waals surface area (Å²) in [5.74, 6) is 6.95. The lowest BCUT2D eigenvalue weighted by molar-refractivity contribution is 0.271. The number of rotatable bonds is 3. The van der Waals surface area contributed by atoms with Gasteiger partial charge in [-0.1, -0.05) is 24.7 Å². The summed E-state index contributed by atoms with van der Waals surface area (Å²) < 4.78 is 5.48.